The molecule has 2 fully saturated rings. The van der Waals surface area contributed by atoms with Gasteiger partial charge in [0, 0.05) is 5.92 Å². The van der Waals surface area contributed by atoms with Crippen molar-refractivity contribution in [1.29, 1.82) is 0 Å². The number of aliphatic carboxylic acids is 1. The van der Waals surface area contributed by atoms with Gasteiger partial charge in [0.25, 0.3) is 0 Å². The van der Waals surface area contributed by atoms with Crippen LogP contribution < -0.4 is 0 Å². The smallest absolute Gasteiger partial charge is 0.334 e. The molecule has 6 nitrogen and oxygen atoms in total. The van der Waals surface area contributed by atoms with Crippen LogP contribution in [0.25, 0.3) is 0 Å². The summed E-state index contributed by atoms with van der Waals surface area (Å²) in [5.41, 5.74) is 0. The summed E-state index contributed by atoms with van der Waals surface area (Å²) in [4.78, 5) is 35.3. The second kappa shape index (κ2) is 3.28. The predicted molar refractivity (Wildman–Crippen MR) is 51.4 cm³/mol. The van der Waals surface area contributed by atoms with E-state index in [1.165, 1.54) is 6.92 Å². The molecule has 0 aromatic heterocycles. The molecule has 0 aromatic rings. The van der Waals surface area contributed by atoms with Gasteiger partial charge in [-0.05, 0) is 6.92 Å². The van der Waals surface area contributed by atoms with Crippen LogP contribution in [0.1, 0.15) is 13.8 Å². The van der Waals surface area contributed by atoms with E-state index >= 15 is 0 Å². The number of hydrogen-bond acceptors (Lipinski definition) is 4. The van der Waals surface area contributed by atoms with Crippen molar-refractivity contribution in [1.82, 2.24) is 4.90 Å². The van der Waals surface area contributed by atoms with Crippen LogP contribution >= 0.6 is 0 Å². The second-order valence-electron chi connectivity index (χ2n) is 4.43. The predicted octanol–water partition coefficient (Wildman–Crippen LogP) is -1.13. The molecule has 2 aliphatic heterocycles. The van der Waals surface area contributed by atoms with E-state index in [9.17, 15) is 19.5 Å². The number of carboxylic acids is 1. The highest BCUT2D eigenvalue weighted by Gasteiger charge is 2.64. The molecule has 16 heavy (non-hydrogen) atoms. The Morgan fingerprint density at radius 1 is 1.44 bits per heavy atom. The van der Waals surface area contributed by atoms with E-state index in [1.807, 2.05) is 0 Å². The van der Waals surface area contributed by atoms with Crippen LogP contribution in [0.4, 0.5) is 0 Å². The highest BCUT2D eigenvalue weighted by atomic mass is 16.4. The fourth-order valence-corrected chi connectivity index (χ4v) is 2.69. The number of ketones is 1. The lowest BCUT2D eigenvalue weighted by molar-refractivity contribution is -0.171. The monoisotopic (exact) mass is 227 g/mol. The molecule has 5 atom stereocenters. The van der Waals surface area contributed by atoms with Gasteiger partial charge in [0.1, 0.15) is 0 Å². The highest BCUT2D eigenvalue weighted by Crippen LogP contribution is 2.42. The van der Waals surface area contributed by atoms with Crippen molar-refractivity contribution in [2.45, 2.75) is 32.0 Å². The van der Waals surface area contributed by atoms with Crippen LogP contribution in [0.5, 0.6) is 0 Å². The summed E-state index contributed by atoms with van der Waals surface area (Å²) < 4.78 is 0. The van der Waals surface area contributed by atoms with Crippen molar-refractivity contribution in [2.24, 2.45) is 11.8 Å². The standard InChI is InChI=1S/C10H13NO5/c1-3-6-5(4(2)12)9(14)11(6)7(8(3)13)10(15)16/h3-7,12H,1-2H3,(H,15,16)/t3?,4-,5-,6-,7?/m1/s1. The van der Waals surface area contributed by atoms with Crippen LogP contribution in [0.15, 0.2) is 0 Å². The fraction of sp³-hybridized carbons (Fsp3) is 0.700. The van der Waals surface area contributed by atoms with Gasteiger partial charge < -0.3 is 15.1 Å². The summed E-state index contributed by atoms with van der Waals surface area (Å²) in [5.74, 6) is -3.34. The Morgan fingerprint density at radius 3 is 2.44 bits per heavy atom. The van der Waals surface area contributed by atoms with Crippen molar-refractivity contribution < 1.29 is 24.6 Å². The minimum absolute atomic E-state index is 0.440. The van der Waals surface area contributed by atoms with Crippen LogP contribution in [0, 0.1) is 11.8 Å². The third-order valence-corrected chi connectivity index (χ3v) is 3.49. The van der Waals surface area contributed by atoms with Crippen molar-refractivity contribution in [3.8, 4) is 0 Å². The number of nitrogens with zero attached hydrogens (tertiary/aromatic N) is 1. The SMILES string of the molecule is CC1C(=O)C(C(=O)O)N2C(=O)[C@H]([C@@H](C)O)[C@@H]12. The number of amides is 1. The summed E-state index contributed by atoms with van der Waals surface area (Å²) in [6, 6.07) is -1.82. The Morgan fingerprint density at radius 2 is 2.00 bits per heavy atom. The van der Waals surface area contributed by atoms with Crippen LogP contribution in [-0.2, 0) is 14.4 Å². The molecule has 0 aromatic carbocycles. The molecule has 0 bridgehead atoms. The number of β-lactam (4-membered cyclic amide) rings is 1. The maximum Gasteiger partial charge on any atom is 0.334 e. The number of carbonyl (C=O) groups excluding carboxylic acids is 2. The van der Waals surface area contributed by atoms with E-state index in [0.717, 1.165) is 4.90 Å². The third-order valence-electron chi connectivity index (χ3n) is 3.49. The average Bonchev–Trinajstić information content (AvgIpc) is 2.38. The molecular formula is C10H13NO5. The summed E-state index contributed by atoms with van der Waals surface area (Å²) >= 11 is 0. The first-order chi connectivity index (χ1) is 7.37. The number of hydrogen-bond donors (Lipinski definition) is 2. The van der Waals surface area contributed by atoms with E-state index in [2.05, 4.69) is 0 Å². The van der Waals surface area contributed by atoms with Crippen molar-refractivity contribution in [3.05, 3.63) is 0 Å². The lowest BCUT2D eigenvalue weighted by Gasteiger charge is -2.46. The number of aliphatic hydroxyl groups excluding tert-OH is 1. The van der Waals surface area contributed by atoms with E-state index in [-0.39, 0.29) is 0 Å². The number of aliphatic hydroxyl groups is 1. The molecule has 88 valence electrons. The number of Topliss-reactive ketones (excluding diaryl/α,β-unsaturated/α-hetero) is 1. The largest absolute Gasteiger partial charge is 0.479 e. The first kappa shape index (κ1) is 11.1. The van der Waals surface area contributed by atoms with Gasteiger partial charge in [-0.3, -0.25) is 9.59 Å². The minimum atomic E-state index is -1.36. The van der Waals surface area contributed by atoms with Gasteiger partial charge in [0.15, 0.2) is 11.8 Å². The highest BCUT2D eigenvalue weighted by molar-refractivity contribution is 6.11. The molecule has 6 heteroatoms. The Hall–Kier alpha value is -1.43. The Kier molecular flexibility index (Phi) is 2.27. The zero-order chi connectivity index (χ0) is 12.2. The Labute approximate surface area is 91.8 Å². The summed E-state index contributed by atoms with van der Waals surface area (Å²) in [7, 11) is 0. The molecule has 2 aliphatic rings. The topological polar surface area (TPSA) is 94.9 Å². The van der Waals surface area contributed by atoms with Gasteiger partial charge in [-0.15, -0.1) is 0 Å². The van der Waals surface area contributed by atoms with Gasteiger partial charge in [-0.2, -0.15) is 0 Å². The first-order valence-electron chi connectivity index (χ1n) is 5.14. The van der Waals surface area contributed by atoms with Crippen molar-refractivity contribution in [2.75, 3.05) is 0 Å². The molecule has 0 spiro atoms. The molecule has 0 aliphatic carbocycles. The molecular weight excluding hydrogens is 214 g/mol. The lowest BCUT2D eigenvalue weighted by atomic mass is 9.79. The Bertz CT molecular complexity index is 377. The lowest BCUT2D eigenvalue weighted by Crippen LogP contribution is -2.65. The molecule has 1 amide bonds. The van der Waals surface area contributed by atoms with Crippen molar-refractivity contribution in [3.63, 3.8) is 0 Å². The maximum absolute atomic E-state index is 11.7. The molecule has 2 N–H and O–H groups in total. The quantitative estimate of drug-likeness (QED) is 0.459. The molecule has 2 saturated heterocycles. The summed E-state index contributed by atoms with van der Waals surface area (Å²) in [6.07, 6.45) is -0.850. The van der Waals surface area contributed by atoms with Gasteiger partial charge >= 0.3 is 5.97 Å². The molecule has 2 unspecified atom stereocenters. The molecule has 0 saturated carbocycles. The summed E-state index contributed by atoms with van der Waals surface area (Å²) in [6.45, 7) is 3.08. The second-order valence-corrected chi connectivity index (χ2v) is 4.43. The van der Waals surface area contributed by atoms with Crippen LogP contribution in [-0.4, -0.2) is 51.0 Å². The van der Waals surface area contributed by atoms with Crippen LogP contribution in [0.3, 0.4) is 0 Å². The zero-order valence-corrected chi connectivity index (χ0v) is 8.95. The van der Waals surface area contributed by atoms with Gasteiger partial charge in [-0.1, -0.05) is 6.92 Å². The van der Waals surface area contributed by atoms with E-state index < -0.39 is 47.7 Å². The molecule has 2 heterocycles. The number of fused-ring (bicyclic) bond motifs is 1. The van der Waals surface area contributed by atoms with Crippen LogP contribution in [0.2, 0.25) is 0 Å². The third kappa shape index (κ3) is 1.13. The molecule has 2 rings (SSSR count). The first-order valence-corrected chi connectivity index (χ1v) is 5.14. The zero-order valence-electron chi connectivity index (χ0n) is 8.95. The van der Waals surface area contributed by atoms with Gasteiger partial charge in [-0.25, -0.2) is 4.79 Å². The number of carbonyl (C=O) groups is 3. The maximum atomic E-state index is 11.7. The van der Waals surface area contributed by atoms with E-state index in [0.29, 0.717) is 0 Å². The van der Waals surface area contributed by atoms with Gasteiger partial charge in [0.05, 0.1) is 18.1 Å². The van der Waals surface area contributed by atoms with Gasteiger partial charge in [0.2, 0.25) is 5.91 Å². The van der Waals surface area contributed by atoms with Crippen molar-refractivity contribution >= 4 is 17.7 Å². The average molecular weight is 227 g/mol. The minimum Gasteiger partial charge on any atom is -0.479 e. The normalized spacial score (nSPS) is 39.3. The number of carboxylic acid groups (broad SMARTS) is 1. The molecule has 0 radical (unpaired) electrons. The van der Waals surface area contributed by atoms with E-state index in [4.69, 9.17) is 5.11 Å². The van der Waals surface area contributed by atoms with E-state index in [1.54, 1.807) is 6.92 Å². The Balaban J connectivity index is 2.32. The number of rotatable bonds is 2. The summed E-state index contributed by atoms with van der Waals surface area (Å²) in [5, 5.41) is 18.3. The fourth-order valence-electron chi connectivity index (χ4n) is 2.69.